The molecule has 0 aliphatic heterocycles. The maximum Gasteiger partial charge on any atom is 0.146 e. The molecular weight excluding hydrogens is 189 g/mol. The Kier molecular flexibility index (Phi) is 2.91. The molecule has 0 saturated heterocycles. The van der Waals surface area contributed by atoms with Crippen LogP contribution in [0.1, 0.15) is 26.5 Å². The summed E-state index contributed by atoms with van der Waals surface area (Å²) in [7, 11) is 0. The highest BCUT2D eigenvalue weighted by molar-refractivity contribution is 6.30. The van der Waals surface area contributed by atoms with E-state index in [1.807, 2.05) is 20.8 Å². The third-order valence-electron chi connectivity index (χ3n) is 1.58. The Morgan fingerprint density at radius 3 is 2.54 bits per heavy atom. The van der Waals surface area contributed by atoms with Gasteiger partial charge in [0.05, 0.1) is 10.7 Å². The number of hydrogen-bond acceptors (Lipinski definition) is 1. The number of nitrogens with zero attached hydrogens (tertiary/aromatic N) is 1. The monoisotopic (exact) mass is 201 g/mol. The summed E-state index contributed by atoms with van der Waals surface area (Å²) < 4.78 is 13.2. The predicted octanol–water partition coefficient (Wildman–Crippen LogP) is 3.46. The minimum Gasteiger partial charge on any atom is -0.257 e. The zero-order chi connectivity index (χ0) is 10.1. The van der Waals surface area contributed by atoms with E-state index in [0.29, 0.717) is 17.1 Å². The quantitative estimate of drug-likeness (QED) is 0.678. The number of pyridine rings is 1. The van der Waals surface area contributed by atoms with Gasteiger partial charge in [0.1, 0.15) is 5.82 Å². The summed E-state index contributed by atoms with van der Waals surface area (Å²) in [6.07, 6.45) is 2.10. The summed E-state index contributed by atoms with van der Waals surface area (Å²) in [5, 5.41) is 0.343. The Morgan fingerprint density at radius 1 is 1.46 bits per heavy atom. The van der Waals surface area contributed by atoms with Gasteiger partial charge < -0.3 is 0 Å². The molecule has 0 aliphatic rings. The molecule has 0 amide bonds. The van der Waals surface area contributed by atoms with E-state index in [9.17, 15) is 4.39 Å². The van der Waals surface area contributed by atoms with E-state index in [1.54, 1.807) is 0 Å². The lowest BCUT2D eigenvalue weighted by Gasteiger charge is -2.17. The summed E-state index contributed by atoms with van der Waals surface area (Å²) in [6.45, 7) is 6.13. The molecule has 0 spiro atoms. The molecule has 0 unspecified atom stereocenters. The number of halogens is 2. The van der Waals surface area contributed by atoms with Gasteiger partial charge in [0.2, 0.25) is 0 Å². The van der Waals surface area contributed by atoms with Crippen LogP contribution in [0.25, 0.3) is 0 Å². The summed E-state index contributed by atoms with van der Waals surface area (Å²) in [5.41, 5.74) is 0.527. The Balaban J connectivity index is 2.90. The number of rotatable bonds is 1. The molecule has 1 aromatic rings. The first-order valence-electron chi connectivity index (χ1n) is 4.18. The molecule has 0 bridgehead atoms. The van der Waals surface area contributed by atoms with Crippen molar-refractivity contribution < 1.29 is 4.39 Å². The molecule has 0 N–H and O–H groups in total. The molecule has 3 heteroatoms. The molecular formula is C10H13ClFN. The van der Waals surface area contributed by atoms with Gasteiger partial charge in [-0.15, -0.1) is 0 Å². The number of hydrogen-bond donors (Lipinski definition) is 0. The minimum absolute atomic E-state index is 0.0433. The maximum atomic E-state index is 13.2. The van der Waals surface area contributed by atoms with E-state index in [4.69, 9.17) is 11.6 Å². The van der Waals surface area contributed by atoms with Gasteiger partial charge in [0.15, 0.2) is 0 Å². The van der Waals surface area contributed by atoms with E-state index in [2.05, 4.69) is 4.98 Å². The van der Waals surface area contributed by atoms with E-state index in [1.165, 1.54) is 12.3 Å². The minimum atomic E-state index is -0.317. The van der Waals surface area contributed by atoms with Crippen LogP contribution in [0.3, 0.4) is 0 Å². The zero-order valence-electron chi connectivity index (χ0n) is 8.06. The van der Waals surface area contributed by atoms with Gasteiger partial charge in [-0.05, 0) is 17.9 Å². The van der Waals surface area contributed by atoms with Crippen molar-refractivity contribution in [3.05, 3.63) is 28.8 Å². The smallest absolute Gasteiger partial charge is 0.146 e. The molecule has 0 fully saturated rings. The van der Waals surface area contributed by atoms with Gasteiger partial charge >= 0.3 is 0 Å². The standard InChI is InChI=1S/C10H13ClFN/c1-10(2,3)5-9-8(12)4-7(11)6-13-9/h4,6H,5H2,1-3H3. The van der Waals surface area contributed by atoms with E-state index in [0.717, 1.165) is 0 Å². The first-order valence-corrected chi connectivity index (χ1v) is 4.56. The van der Waals surface area contributed by atoms with Crippen molar-refractivity contribution in [2.75, 3.05) is 0 Å². The van der Waals surface area contributed by atoms with Gasteiger partial charge in [0.25, 0.3) is 0 Å². The van der Waals surface area contributed by atoms with Crippen LogP contribution in [0, 0.1) is 11.2 Å². The average molecular weight is 202 g/mol. The Bertz CT molecular complexity index is 304. The van der Waals surface area contributed by atoms with Crippen molar-refractivity contribution in [3.63, 3.8) is 0 Å². The SMILES string of the molecule is CC(C)(C)Cc1ncc(Cl)cc1F. The van der Waals surface area contributed by atoms with Gasteiger partial charge in [-0.3, -0.25) is 4.98 Å². The van der Waals surface area contributed by atoms with Crippen LogP contribution in [0.2, 0.25) is 5.02 Å². The van der Waals surface area contributed by atoms with E-state index < -0.39 is 0 Å². The van der Waals surface area contributed by atoms with Crippen LogP contribution < -0.4 is 0 Å². The zero-order valence-corrected chi connectivity index (χ0v) is 8.82. The second-order valence-corrected chi connectivity index (χ2v) is 4.76. The fourth-order valence-electron chi connectivity index (χ4n) is 1.08. The average Bonchev–Trinajstić information content (AvgIpc) is 1.93. The van der Waals surface area contributed by atoms with Crippen LogP contribution in [-0.2, 0) is 6.42 Å². The second kappa shape index (κ2) is 3.62. The fraction of sp³-hybridized carbons (Fsp3) is 0.500. The molecule has 72 valence electrons. The van der Waals surface area contributed by atoms with E-state index in [-0.39, 0.29) is 11.2 Å². The van der Waals surface area contributed by atoms with E-state index >= 15 is 0 Å². The summed E-state index contributed by atoms with van der Waals surface area (Å²) in [6, 6.07) is 1.30. The highest BCUT2D eigenvalue weighted by atomic mass is 35.5. The predicted molar refractivity (Wildman–Crippen MR) is 52.4 cm³/mol. The van der Waals surface area contributed by atoms with Gasteiger partial charge in [-0.1, -0.05) is 32.4 Å². The first kappa shape index (κ1) is 10.5. The topological polar surface area (TPSA) is 12.9 Å². The lowest BCUT2D eigenvalue weighted by Crippen LogP contribution is -2.11. The molecule has 0 aliphatic carbocycles. The molecule has 1 heterocycles. The van der Waals surface area contributed by atoms with Crippen molar-refractivity contribution in [1.29, 1.82) is 0 Å². The third kappa shape index (κ3) is 3.31. The third-order valence-corrected chi connectivity index (χ3v) is 1.79. The Morgan fingerprint density at radius 2 is 2.08 bits per heavy atom. The van der Waals surface area contributed by atoms with Crippen molar-refractivity contribution >= 4 is 11.6 Å². The number of aromatic nitrogens is 1. The van der Waals surface area contributed by atoms with Gasteiger partial charge in [-0.25, -0.2) is 4.39 Å². The maximum absolute atomic E-state index is 13.2. The second-order valence-electron chi connectivity index (χ2n) is 4.32. The van der Waals surface area contributed by atoms with Crippen molar-refractivity contribution in [2.45, 2.75) is 27.2 Å². The lowest BCUT2D eigenvalue weighted by atomic mass is 9.90. The Labute approximate surface area is 82.9 Å². The normalized spacial score (nSPS) is 11.8. The summed E-state index contributed by atoms with van der Waals surface area (Å²) in [5.74, 6) is -0.317. The molecule has 0 saturated carbocycles. The van der Waals surface area contributed by atoms with Crippen LogP contribution in [-0.4, -0.2) is 4.98 Å². The highest BCUT2D eigenvalue weighted by Gasteiger charge is 2.15. The van der Waals surface area contributed by atoms with Gasteiger partial charge in [-0.2, -0.15) is 0 Å². The van der Waals surface area contributed by atoms with Crippen molar-refractivity contribution in [1.82, 2.24) is 4.98 Å². The van der Waals surface area contributed by atoms with Gasteiger partial charge in [0, 0.05) is 6.20 Å². The Hall–Kier alpha value is -0.630. The molecule has 1 aromatic heterocycles. The molecule has 13 heavy (non-hydrogen) atoms. The van der Waals surface area contributed by atoms with Crippen LogP contribution in [0.15, 0.2) is 12.3 Å². The van der Waals surface area contributed by atoms with Crippen LogP contribution in [0.4, 0.5) is 4.39 Å². The fourth-order valence-corrected chi connectivity index (χ4v) is 1.22. The van der Waals surface area contributed by atoms with Crippen molar-refractivity contribution in [2.24, 2.45) is 5.41 Å². The molecule has 1 nitrogen and oxygen atoms in total. The van der Waals surface area contributed by atoms with Crippen LogP contribution >= 0.6 is 11.6 Å². The highest BCUT2D eigenvalue weighted by Crippen LogP contribution is 2.22. The molecule has 0 radical (unpaired) electrons. The lowest BCUT2D eigenvalue weighted by molar-refractivity contribution is 0.396. The largest absolute Gasteiger partial charge is 0.257 e. The molecule has 0 atom stereocenters. The molecule has 1 rings (SSSR count). The summed E-state index contributed by atoms with van der Waals surface area (Å²) >= 11 is 5.59. The van der Waals surface area contributed by atoms with Crippen molar-refractivity contribution in [3.8, 4) is 0 Å². The molecule has 0 aromatic carbocycles. The summed E-state index contributed by atoms with van der Waals surface area (Å²) in [4.78, 5) is 3.96. The first-order chi connectivity index (χ1) is 5.88. The van der Waals surface area contributed by atoms with Crippen LogP contribution in [0.5, 0.6) is 0 Å².